The van der Waals surface area contributed by atoms with E-state index in [4.69, 9.17) is 10.00 Å². The molecule has 1 heterocycles. The summed E-state index contributed by atoms with van der Waals surface area (Å²) in [5.74, 6) is 0. The lowest BCUT2D eigenvalue weighted by Gasteiger charge is -2.20. The van der Waals surface area contributed by atoms with Crippen LogP contribution < -0.4 is 5.32 Å². The number of nitrogens with zero attached hydrogens (tertiary/aromatic N) is 3. The molecule has 132 valence electrons. The lowest BCUT2D eigenvalue weighted by molar-refractivity contribution is 0.0582. The second kappa shape index (κ2) is 7.88. The first-order chi connectivity index (χ1) is 12.7. The van der Waals surface area contributed by atoms with Gasteiger partial charge in [0.25, 0.3) is 0 Å². The highest BCUT2D eigenvalue weighted by Gasteiger charge is 2.31. The summed E-state index contributed by atoms with van der Waals surface area (Å²) in [5, 5.41) is 31.0. The number of nitrogens with one attached hydrogen (secondary N) is 1. The number of aliphatic hydroxyl groups is 1. The third kappa shape index (κ3) is 3.48. The quantitative estimate of drug-likeness (QED) is 0.779. The van der Waals surface area contributed by atoms with Gasteiger partial charge in [-0.1, -0.05) is 18.2 Å². The highest BCUT2D eigenvalue weighted by atomic mass is 16.5. The highest BCUT2D eigenvalue weighted by Crippen LogP contribution is 2.39. The minimum Gasteiger partial charge on any atom is -0.394 e. The summed E-state index contributed by atoms with van der Waals surface area (Å²) in [5.41, 5.74) is 4.67. The summed E-state index contributed by atoms with van der Waals surface area (Å²) in [6.45, 7) is 1.01. The number of methoxy groups -OCH3 is 1. The van der Waals surface area contributed by atoms with Crippen LogP contribution in [0.15, 0.2) is 42.5 Å². The molecule has 2 aromatic rings. The van der Waals surface area contributed by atoms with Crippen molar-refractivity contribution in [2.45, 2.75) is 18.7 Å². The van der Waals surface area contributed by atoms with Gasteiger partial charge in [-0.25, -0.2) is 0 Å². The van der Waals surface area contributed by atoms with Gasteiger partial charge in [0.1, 0.15) is 0 Å². The average Bonchev–Trinajstić information content (AvgIpc) is 3.06. The third-order valence-corrected chi connectivity index (χ3v) is 4.65. The molecule has 1 aliphatic rings. The first-order valence-electron chi connectivity index (χ1n) is 8.37. The van der Waals surface area contributed by atoms with Gasteiger partial charge >= 0.3 is 0 Å². The minimum absolute atomic E-state index is 0.0511. The summed E-state index contributed by atoms with van der Waals surface area (Å²) >= 11 is 0. The Bertz CT molecular complexity index is 848. The molecule has 0 fully saturated rings. The van der Waals surface area contributed by atoms with Crippen molar-refractivity contribution in [3.05, 3.63) is 64.7 Å². The van der Waals surface area contributed by atoms with Crippen molar-refractivity contribution in [3.63, 3.8) is 0 Å². The molecule has 2 atom stereocenters. The Labute approximate surface area is 152 Å². The molecule has 6 nitrogen and oxygen atoms in total. The first-order valence-corrected chi connectivity index (χ1v) is 8.37. The van der Waals surface area contributed by atoms with E-state index in [1.165, 1.54) is 0 Å². The molecule has 0 spiro atoms. The van der Waals surface area contributed by atoms with Crippen LogP contribution in [0.2, 0.25) is 0 Å². The summed E-state index contributed by atoms with van der Waals surface area (Å²) in [4.78, 5) is 1.74. The molecule has 0 aliphatic carbocycles. The standard InChI is InChI=1S/C20H20N4O2/c1-26-18(12-25)10-23-17-7-6-16-11-24(13-22)20(19(16)8-17)15-4-2-14(9-21)3-5-15/h2-8,18,20,23,25H,10-12H2,1H3. The van der Waals surface area contributed by atoms with E-state index in [1.807, 2.05) is 30.3 Å². The summed E-state index contributed by atoms with van der Waals surface area (Å²) in [6.07, 6.45) is 2.00. The predicted molar refractivity (Wildman–Crippen MR) is 97.0 cm³/mol. The van der Waals surface area contributed by atoms with Gasteiger partial charge in [-0.15, -0.1) is 0 Å². The Morgan fingerprint density at radius 2 is 2.04 bits per heavy atom. The van der Waals surface area contributed by atoms with Crippen LogP contribution in [0.4, 0.5) is 5.69 Å². The van der Waals surface area contributed by atoms with E-state index in [2.05, 4.69) is 17.6 Å². The van der Waals surface area contributed by atoms with Crippen molar-refractivity contribution in [2.24, 2.45) is 0 Å². The third-order valence-electron chi connectivity index (χ3n) is 4.65. The van der Waals surface area contributed by atoms with Gasteiger partial charge in [0.05, 0.1) is 36.9 Å². The Morgan fingerprint density at radius 3 is 2.65 bits per heavy atom. The second-order valence-corrected chi connectivity index (χ2v) is 6.20. The Balaban J connectivity index is 1.89. The van der Waals surface area contributed by atoms with Gasteiger partial charge in [-0.3, -0.25) is 4.90 Å². The molecule has 6 heteroatoms. The zero-order chi connectivity index (χ0) is 18.5. The second-order valence-electron chi connectivity index (χ2n) is 6.20. The van der Waals surface area contributed by atoms with Crippen molar-refractivity contribution >= 4 is 5.69 Å². The fraction of sp³-hybridized carbons (Fsp3) is 0.300. The number of fused-ring (bicyclic) bond motifs is 1. The number of hydrogen-bond donors (Lipinski definition) is 2. The van der Waals surface area contributed by atoms with E-state index < -0.39 is 0 Å². The van der Waals surface area contributed by atoms with Gasteiger partial charge in [0, 0.05) is 19.3 Å². The summed E-state index contributed by atoms with van der Waals surface area (Å²) in [7, 11) is 1.57. The van der Waals surface area contributed by atoms with Crippen molar-refractivity contribution in [1.29, 1.82) is 10.5 Å². The molecule has 0 saturated carbocycles. The van der Waals surface area contributed by atoms with Crippen LogP contribution in [0.25, 0.3) is 0 Å². The minimum atomic E-state index is -0.270. The van der Waals surface area contributed by atoms with E-state index in [-0.39, 0.29) is 18.8 Å². The molecule has 26 heavy (non-hydrogen) atoms. The van der Waals surface area contributed by atoms with Crippen LogP contribution in [0.1, 0.15) is 28.3 Å². The van der Waals surface area contributed by atoms with Crippen molar-refractivity contribution in [2.75, 3.05) is 25.6 Å². The molecular weight excluding hydrogens is 328 g/mol. The van der Waals surface area contributed by atoms with Gasteiger partial charge in [-0.2, -0.15) is 10.5 Å². The number of hydrogen-bond acceptors (Lipinski definition) is 6. The average molecular weight is 348 g/mol. The zero-order valence-corrected chi connectivity index (χ0v) is 14.5. The number of nitriles is 2. The Morgan fingerprint density at radius 1 is 1.27 bits per heavy atom. The van der Waals surface area contributed by atoms with Gasteiger partial charge in [0.15, 0.2) is 6.19 Å². The molecule has 2 aromatic carbocycles. The lowest BCUT2D eigenvalue weighted by Crippen LogP contribution is -2.25. The van der Waals surface area contributed by atoms with E-state index in [9.17, 15) is 10.4 Å². The molecule has 0 amide bonds. The number of ether oxygens (including phenoxy) is 1. The fourth-order valence-corrected chi connectivity index (χ4v) is 3.19. The summed E-state index contributed by atoms with van der Waals surface area (Å²) in [6, 6.07) is 15.3. The number of benzene rings is 2. The Hall–Kier alpha value is -3.06. The number of rotatable bonds is 6. The molecule has 0 saturated heterocycles. The van der Waals surface area contributed by atoms with E-state index in [0.717, 1.165) is 22.4 Å². The zero-order valence-electron chi connectivity index (χ0n) is 14.5. The van der Waals surface area contributed by atoms with Crippen LogP contribution in [-0.4, -0.2) is 36.4 Å². The van der Waals surface area contributed by atoms with Crippen LogP contribution in [-0.2, 0) is 11.3 Å². The molecule has 1 aliphatic heterocycles. The molecular formula is C20H20N4O2. The first kappa shape index (κ1) is 17.8. The van der Waals surface area contributed by atoms with E-state index in [0.29, 0.717) is 18.7 Å². The van der Waals surface area contributed by atoms with Crippen LogP contribution in [0, 0.1) is 22.8 Å². The van der Waals surface area contributed by atoms with Gasteiger partial charge in [0.2, 0.25) is 0 Å². The predicted octanol–water partition coefficient (Wildman–Crippen LogP) is 2.36. The fourth-order valence-electron chi connectivity index (χ4n) is 3.19. The summed E-state index contributed by atoms with van der Waals surface area (Å²) < 4.78 is 5.17. The molecule has 2 unspecified atom stereocenters. The molecule has 3 rings (SSSR count). The lowest BCUT2D eigenvalue weighted by atomic mass is 9.96. The SMILES string of the molecule is COC(CO)CNc1ccc2c(c1)C(c1ccc(C#N)cc1)N(C#N)C2. The molecule has 2 N–H and O–H groups in total. The van der Waals surface area contributed by atoms with Crippen molar-refractivity contribution < 1.29 is 9.84 Å². The van der Waals surface area contributed by atoms with Gasteiger partial charge < -0.3 is 15.2 Å². The maximum atomic E-state index is 9.54. The van der Waals surface area contributed by atoms with Crippen LogP contribution in [0.3, 0.4) is 0 Å². The largest absolute Gasteiger partial charge is 0.394 e. The number of aliphatic hydroxyl groups excluding tert-OH is 1. The van der Waals surface area contributed by atoms with Gasteiger partial charge in [-0.05, 0) is 41.0 Å². The Kier molecular flexibility index (Phi) is 5.38. The van der Waals surface area contributed by atoms with Crippen molar-refractivity contribution in [3.8, 4) is 12.3 Å². The smallest absolute Gasteiger partial charge is 0.180 e. The molecule has 0 radical (unpaired) electrons. The highest BCUT2D eigenvalue weighted by molar-refractivity contribution is 5.54. The van der Waals surface area contributed by atoms with Crippen LogP contribution >= 0.6 is 0 Å². The van der Waals surface area contributed by atoms with Crippen molar-refractivity contribution in [1.82, 2.24) is 4.90 Å². The molecule has 0 aromatic heterocycles. The maximum Gasteiger partial charge on any atom is 0.180 e. The van der Waals surface area contributed by atoms with E-state index in [1.54, 1.807) is 24.1 Å². The normalized spacial score (nSPS) is 16.5. The van der Waals surface area contributed by atoms with Crippen LogP contribution in [0.5, 0.6) is 0 Å². The van der Waals surface area contributed by atoms with E-state index >= 15 is 0 Å². The monoisotopic (exact) mass is 348 g/mol. The maximum absolute atomic E-state index is 9.54. The number of anilines is 1. The topological polar surface area (TPSA) is 92.3 Å². The molecule has 0 bridgehead atoms.